The van der Waals surface area contributed by atoms with Crippen molar-refractivity contribution in [2.75, 3.05) is 0 Å². The molecule has 0 amide bonds. The van der Waals surface area contributed by atoms with Crippen LogP contribution in [0.25, 0.3) is 10.9 Å². The van der Waals surface area contributed by atoms with Crippen LogP contribution in [0.5, 0.6) is 11.5 Å². The summed E-state index contributed by atoms with van der Waals surface area (Å²) in [5, 5.41) is 9.88. The number of benzene rings is 2. The second kappa shape index (κ2) is 5.72. The van der Waals surface area contributed by atoms with E-state index in [1.165, 1.54) is 6.07 Å². The maximum Gasteiger partial charge on any atom is 0.132 e. The summed E-state index contributed by atoms with van der Waals surface area (Å²) in [7, 11) is 0. The van der Waals surface area contributed by atoms with Crippen molar-refractivity contribution in [1.29, 1.82) is 0 Å². The number of halogens is 1. The van der Waals surface area contributed by atoms with E-state index in [1.807, 2.05) is 16.8 Å². The van der Waals surface area contributed by atoms with E-state index in [0.29, 0.717) is 11.1 Å². The molecular formula is C18H18FNO2. The quantitative estimate of drug-likeness (QED) is 0.761. The van der Waals surface area contributed by atoms with Gasteiger partial charge in [-0.15, -0.1) is 0 Å². The van der Waals surface area contributed by atoms with Crippen LogP contribution in [0.15, 0.2) is 48.7 Å². The van der Waals surface area contributed by atoms with Crippen LogP contribution < -0.4 is 4.74 Å². The highest BCUT2D eigenvalue weighted by molar-refractivity contribution is 5.84. The molecular weight excluding hydrogens is 281 g/mol. The minimum absolute atomic E-state index is 0.190. The Labute approximate surface area is 128 Å². The Morgan fingerprint density at radius 3 is 2.55 bits per heavy atom. The lowest BCUT2D eigenvalue weighted by Crippen LogP contribution is -1.98. The second-order valence-corrected chi connectivity index (χ2v) is 5.57. The third-order valence-corrected chi connectivity index (χ3v) is 3.67. The summed E-state index contributed by atoms with van der Waals surface area (Å²) >= 11 is 0. The molecule has 3 nitrogen and oxygen atoms in total. The minimum atomic E-state index is -0.235. The first kappa shape index (κ1) is 14.4. The van der Waals surface area contributed by atoms with Crippen LogP contribution in [-0.4, -0.2) is 9.67 Å². The molecule has 0 aliphatic carbocycles. The molecule has 0 saturated heterocycles. The first-order valence-electron chi connectivity index (χ1n) is 7.26. The van der Waals surface area contributed by atoms with Crippen LogP contribution in [0.2, 0.25) is 0 Å². The highest BCUT2D eigenvalue weighted by Gasteiger charge is 2.14. The molecule has 2 aromatic carbocycles. The number of rotatable bonds is 4. The van der Waals surface area contributed by atoms with Crippen LogP contribution in [0.4, 0.5) is 4.39 Å². The summed E-state index contributed by atoms with van der Waals surface area (Å²) < 4.78 is 22.0. The van der Waals surface area contributed by atoms with E-state index in [9.17, 15) is 9.50 Å². The molecule has 0 aliphatic heterocycles. The normalized spacial score (nSPS) is 11.3. The van der Waals surface area contributed by atoms with Crippen LogP contribution in [0.1, 0.15) is 25.5 Å². The van der Waals surface area contributed by atoms with Crippen molar-refractivity contribution >= 4 is 10.9 Å². The van der Waals surface area contributed by atoms with Crippen LogP contribution >= 0.6 is 0 Å². The molecule has 0 spiro atoms. The number of aromatic hydroxyl groups is 1. The molecule has 0 aliphatic rings. The summed E-state index contributed by atoms with van der Waals surface area (Å²) in [5.41, 5.74) is 1.69. The largest absolute Gasteiger partial charge is 0.508 e. The highest BCUT2D eigenvalue weighted by Crippen LogP contribution is 2.28. The van der Waals surface area contributed by atoms with Crippen molar-refractivity contribution in [3.63, 3.8) is 0 Å². The predicted octanol–water partition coefficient (Wildman–Crippen LogP) is 4.65. The molecule has 3 rings (SSSR count). The van der Waals surface area contributed by atoms with Gasteiger partial charge in [-0.3, -0.25) is 0 Å². The molecule has 114 valence electrons. The van der Waals surface area contributed by atoms with Crippen molar-refractivity contribution in [2.45, 2.75) is 26.5 Å². The summed E-state index contributed by atoms with van der Waals surface area (Å²) in [6.45, 7) is 4.41. The van der Waals surface area contributed by atoms with Gasteiger partial charge in [0, 0.05) is 23.2 Å². The number of hydrogen-bond donors (Lipinski definition) is 1. The second-order valence-electron chi connectivity index (χ2n) is 5.57. The number of ether oxygens (including phenoxy) is 1. The molecule has 1 aromatic heterocycles. The molecule has 1 N–H and O–H groups in total. The first-order chi connectivity index (χ1) is 10.6. The van der Waals surface area contributed by atoms with Crippen LogP contribution in [0.3, 0.4) is 0 Å². The van der Waals surface area contributed by atoms with Crippen molar-refractivity contribution in [1.82, 2.24) is 4.57 Å². The Morgan fingerprint density at radius 1 is 1.14 bits per heavy atom. The molecule has 0 atom stereocenters. The van der Waals surface area contributed by atoms with Gasteiger partial charge in [-0.1, -0.05) is 6.07 Å². The monoisotopic (exact) mass is 299 g/mol. The molecule has 3 aromatic rings. The van der Waals surface area contributed by atoms with E-state index < -0.39 is 0 Å². The standard InChI is InChI=1S/C18H18FNO2/c1-12(2)20-10-13(18-16(19)4-3-5-17(18)20)11-22-15-8-6-14(21)7-9-15/h3-10,12,21H,11H2,1-2H3. The van der Waals surface area contributed by atoms with Crippen LogP contribution in [-0.2, 0) is 6.61 Å². The number of nitrogens with zero attached hydrogens (tertiary/aromatic N) is 1. The Balaban J connectivity index is 1.94. The molecule has 0 bridgehead atoms. The first-order valence-corrected chi connectivity index (χ1v) is 7.26. The maximum atomic E-state index is 14.2. The SMILES string of the molecule is CC(C)n1cc(COc2ccc(O)cc2)c2c(F)cccc21. The van der Waals surface area contributed by atoms with Crippen LogP contribution in [0, 0.1) is 5.82 Å². The molecule has 1 heterocycles. The number of phenolic OH excluding ortho intramolecular Hbond substituents is 1. The summed E-state index contributed by atoms with van der Waals surface area (Å²) in [4.78, 5) is 0. The minimum Gasteiger partial charge on any atom is -0.508 e. The third kappa shape index (κ3) is 2.64. The fraction of sp³-hybridized carbons (Fsp3) is 0.222. The highest BCUT2D eigenvalue weighted by atomic mass is 19.1. The zero-order chi connectivity index (χ0) is 15.7. The van der Waals surface area contributed by atoms with Gasteiger partial charge in [0.25, 0.3) is 0 Å². The molecule has 0 unspecified atom stereocenters. The van der Waals surface area contributed by atoms with Gasteiger partial charge in [0.05, 0.1) is 5.52 Å². The molecule has 4 heteroatoms. The van der Waals surface area contributed by atoms with Gasteiger partial charge in [-0.05, 0) is 50.2 Å². The smallest absolute Gasteiger partial charge is 0.132 e. The lowest BCUT2D eigenvalue weighted by atomic mass is 10.2. The zero-order valence-corrected chi connectivity index (χ0v) is 12.6. The topological polar surface area (TPSA) is 34.4 Å². The van der Waals surface area contributed by atoms with E-state index in [-0.39, 0.29) is 24.2 Å². The number of hydrogen-bond acceptors (Lipinski definition) is 2. The molecule has 22 heavy (non-hydrogen) atoms. The van der Waals surface area contributed by atoms with Crippen molar-refractivity contribution in [2.24, 2.45) is 0 Å². The van der Waals surface area contributed by atoms with Crippen molar-refractivity contribution < 1.29 is 14.2 Å². The van der Waals surface area contributed by atoms with E-state index in [1.54, 1.807) is 30.3 Å². The fourth-order valence-corrected chi connectivity index (χ4v) is 2.59. The van der Waals surface area contributed by atoms with Gasteiger partial charge in [0.2, 0.25) is 0 Å². The average Bonchev–Trinajstić information content (AvgIpc) is 2.87. The Morgan fingerprint density at radius 2 is 1.86 bits per heavy atom. The molecule has 0 saturated carbocycles. The van der Waals surface area contributed by atoms with Gasteiger partial charge < -0.3 is 14.4 Å². The number of fused-ring (bicyclic) bond motifs is 1. The van der Waals surface area contributed by atoms with Gasteiger partial charge in [0.15, 0.2) is 0 Å². The lowest BCUT2D eigenvalue weighted by molar-refractivity contribution is 0.306. The van der Waals surface area contributed by atoms with Crippen molar-refractivity contribution in [3.8, 4) is 11.5 Å². The average molecular weight is 299 g/mol. The van der Waals surface area contributed by atoms with Gasteiger partial charge in [0.1, 0.15) is 23.9 Å². The van der Waals surface area contributed by atoms with E-state index in [0.717, 1.165) is 11.1 Å². The summed E-state index contributed by atoms with van der Waals surface area (Å²) in [6.07, 6.45) is 1.94. The predicted molar refractivity (Wildman–Crippen MR) is 84.7 cm³/mol. The molecule has 0 radical (unpaired) electrons. The third-order valence-electron chi connectivity index (χ3n) is 3.67. The summed E-state index contributed by atoms with van der Waals surface area (Å²) in [5.74, 6) is 0.593. The van der Waals surface area contributed by atoms with Gasteiger partial charge in [-0.25, -0.2) is 4.39 Å². The Kier molecular flexibility index (Phi) is 3.75. The van der Waals surface area contributed by atoms with Gasteiger partial charge in [-0.2, -0.15) is 0 Å². The molecule has 0 fully saturated rings. The fourth-order valence-electron chi connectivity index (χ4n) is 2.59. The number of aromatic nitrogens is 1. The maximum absolute atomic E-state index is 14.2. The van der Waals surface area contributed by atoms with Gasteiger partial charge >= 0.3 is 0 Å². The number of phenols is 1. The Bertz CT molecular complexity index is 791. The van der Waals surface area contributed by atoms with E-state index in [4.69, 9.17) is 4.74 Å². The van der Waals surface area contributed by atoms with E-state index >= 15 is 0 Å². The summed E-state index contributed by atoms with van der Waals surface area (Å²) in [6, 6.07) is 11.9. The zero-order valence-electron chi connectivity index (χ0n) is 12.6. The Hall–Kier alpha value is -2.49. The van der Waals surface area contributed by atoms with E-state index in [2.05, 4.69) is 13.8 Å². The lowest BCUT2D eigenvalue weighted by Gasteiger charge is -2.08. The van der Waals surface area contributed by atoms with Crippen molar-refractivity contribution in [3.05, 3.63) is 60.0 Å².